The number of benzene rings is 1. The van der Waals surface area contributed by atoms with Crippen LogP contribution < -0.4 is 5.32 Å². The lowest BCUT2D eigenvalue weighted by molar-refractivity contribution is -0.174. The molecule has 1 aliphatic heterocycles. The standard InChI is InChI=1S/C14H14F4N2O2/c15-10-3-1-9(2-4-10)12(21)20-7-5-11(6-8-20)19-13(22)14(16,17)18/h1-4,11H,5-8H2,(H,19,22). The maximum atomic E-state index is 12.8. The predicted molar refractivity (Wildman–Crippen MR) is 69.5 cm³/mol. The molecule has 1 aromatic carbocycles. The second-order valence-corrected chi connectivity index (χ2v) is 5.04. The smallest absolute Gasteiger partial charge is 0.345 e. The van der Waals surface area contributed by atoms with Gasteiger partial charge in [0.25, 0.3) is 5.91 Å². The lowest BCUT2D eigenvalue weighted by atomic mass is 10.0. The van der Waals surface area contributed by atoms with Crippen LogP contribution in [0.1, 0.15) is 23.2 Å². The van der Waals surface area contributed by atoms with E-state index >= 15 is 0 Å². The molecule has 120 valence electrons. The van der Waals surface area contributed by atoms with Gasteiger partial charge in [0, 0.05) is 24.7 Å². The molecule has 22 heavy (non-hydrogen) atoms. The Labute approximate surface area is 124 Å². The van der Waals surface area contributed by atoms with E-state index in [1.54, 1.807) is 0 Å². The van der Waals surface area contributed by atoms with Crippen molar-refractivity contribution >= 4 is 11.8 Å². The van der Waals surface area contributed by atoms with Gasteiger partial charge in [0.1, 0.15) is 5.82 Å². The second-order valence-electron chi connectivity index (χ2n) is 5.04. The van der Waals surface area contributed by atoms with Gasteiger partial charge in [0.2, 0.25) is 0 Å². The van der Waals surface area contributed by atoms with Gasteiger partial charge in [-0.2, -0.15) is 13.2 Å². The molecule has 1 heterocycles. The van der Waals surface area contributed by atoms with E-state index in [-0.39, 0.29) is 31.8 Å². The summed E-state index contributed by atoms with van der Waals surface area (Å²) in [7, 11) is 0. The van der Waals surface area contributed by atoms with Crippen LogP contribution in [0.2, 0.25) is 0 Å². The van der Waals surface area contributed by atoms with Crippen molar-refractivity contribution in [3.05, 3.63) is 35.6 Å². The average Bonchev–Trinajstić information content (AvgIpc) is 2.47. The molecule has 1 aliphatic rings. The van der Waals surface area contributed by atoms with Crippen LogP contribution in [0.3, 0.4) is 0 Å². The van der Waals surface area contributed by atoms with Gasteiger partial charge in [-0.3, -0.25) is 9.59 Å². The van der Waals surface area contributed by atoms with Crippen molar-refractivity contribution in [1.82, 2.24) is 10.2 Å². The number of amides is 2. The van der Waals surface area contributed by atoms with Crippen molar-refractivity contribution in [2.24, 2.45) is 0 Å². The predicted octanol–water partition coefficient (Wildman–Crippen LogP) is 2.11. The molecule has 0 aromatic heterocycles. The van der Waals surface area contributed by atoms with Crippen LogP contribution in [0, 0.1) is 5.82 Å². The van der Waals surface area contributed by atoms with E-state index in [1.807, 2.05) is 5.32 Å². The summed E-state index contributed by atoms with van der Waals surface area (Å²) in [5.41, 5.74) is 0.319. The van der Waals surface area contributed by atoms with Gasteiger partial charge in [-0.15, -0.1) is 0 Å². The molecule has 0 atom stereocenters. The summed E-state index contributed by atoms with van der Waals surface area (Å²) < 4.78 is 49.3. The summed E-state index contributed by atoms with van der Waals surface area (Å²) in [6.45, 7) is 0.470. The van der Waals surface area contributed by atoms with E-state index < -0.39 is 23.9 Å². The number of rotatable bonds is 2. The highest BCUT2D eigenvalue weighted by molar-refractivity contribution is 5.94. The largest absolute Gasteiger partial charge is 0.471 e. The summed E-state index contributed by atoms with van der Waals surface area (Å²) in [5.74, 6) is -2.72. The first kappa shape index (κ1) is 16.3. The molecule has 2 rings (SSSR count). The number of carbonyl (C=O) groups is 2. The molecule has 1 saturated heterocycles. The molecular formula is C14H14F4N2O2. The summed E-state index contributed by atoms with van der Waals surface area (Å²) >= 11 is 0. The third-order valence-corrected chi connectivity index (χ3v) is 3.47. The van der Waals surface area contributed by atoms with Gasteiger partial charge < -0.3 is 10.2 Å². The average molecular weight is 318 g/mol. The Balaban J connectivity index is 1.88. The zero-order valence-corrected chi connectivity index (χ0v) is 11.5. The van der Waals surface area contributed by atoms with Crippen molar-refractivity contribution in [1.29, 1.82) is 0 Å². The van der Waals surface area contributed by atoms with Crippen molar-refractivity contribution < 1.29 is 27.2 Å². The molecule has 2 amide bonds. The molecular weight excluding hydrogens is 304 g/mol. The van der Waals surface area contributed by atoms with Crippen molar-refractivity contribution in [2.45, 2.75) is 25.1 Å². The zero-order chi connectivity index (χ0) is 16.3. The molecule has 4 nitrogen and oxygen atoms in total. The molecule has 8 heteroatoms. The van der Waals surface area contributed by atoms with Crippen LogP contribution in [0.15, 0.2) is 24.3 Å². The van der Waals surface area contributed by atoms with E-state index in [2.05, 4.69) is 0 Å². The first-order valence-electron chi connectivity index (χ1n) is 6.70. The normalized spacial score (nSPS) is 16.5. The molecule has 0 saturated carbocycles. The molecule has 1 N–H and O–H groups in total. The van der Waals surface area contributed by atoms with Crippen LogP contribution in [0.25, 0.3) is 0 Å². The minimum atomic E-state index is -4.90. The molecule has 0 unspecified atom stereocenters. The first-order chi connectivity index (χ1) is 10.3. The number of halogens is 4. The highest BCUT2D eigenvalue weighted by Crippen LogP contribution is 2.18. The van der Waals surface area contributed by atoms with E-state index in [4.69, 9.17) is 0 Å². The third kappa shape index (κ3) is 3.96. The lowest BCUT2D eigenvalue weighted by Gasteiger charge is -2.32. The summed E-state index contributed by atoms with van der Waals surface area (Å²) in [5, 5.41) is 1.91. The highest BCUT2D eigenvalue weighted by atomic mass is 19.4. The number of nitrogens with zero attached hydrogens (tertiary/aromatic N) is 1. The first-order valence-corrected chi connectivity index (χ1v) is 6.70. The van der Waals surface area contributed by atoms with E-state index in [0.717, 1.165) is 0 Å². The minimum Gasteiger partial charge on any atom is -0.345 e. The molecule has 0 bridgehead atoms. The third-order valence-electron chi connectivity index (χ3n) is 3.47. The number of likely N-dealkylation sites (tertiary alicyclic amines) is 1. The molecule has 1 aromatic rings. The van der Waals surface area contributed by atoms with Crippen LogP contribution in [-0.2, 0) is 4.79 Å². The van der Waals surface area contributed by atoms with E-state index in [0.29, 0.717) is 5.56 Å². The summed E-state index contributed by atoms with van der Waals surface area (Å²) in [6, 6.07) is 4.45. The minimum absolute atomic E-state index is 0.235. The second kappa shape index (κ2) is 6.33. The van der Waals surface area contributed by atoms with Crippen LogP contribution in [-0.4, -0.2) is 42.0 Å². The molecule has 0 spiro atoms. The fraction of sp³-hybridized carbons (Fsp3) is 0.429. The number of alkyl halides is 3. The Morgan fingerprint density at radius 1 is 1.09 bits per heavy atom. The quantitative estimate of drug-likeness (QED) is 0.849. The fourth-order valence-corrected chi connectivity index (χ4v) is 2.27. The number of hydrogen-bond donors (Lipinski definition) is 1. The number of hydrogen-bond acceptors (Lipinski definition) is 2. The van der Waals surface area contributed by atoms with Gasteiger partial charge in [0.05, 0.1) is 0 Å². The maximum Gasteiger partial charge on any atom is 0.471 e. The van der Waals surface area contributed by atoms with E-state index in [9.17, 15) is 27.2 Å². The number of piperidine rings is 1. The van der Waals surface area contributed by atoms with Crippen molar-refractivity contribution in [2.75, 3.05) is 13.1 Å². The topological polar surface area (TPSA) is 49.4 Å². The van der Waals surface area contributed by atoms with Gasteiger partial charge in [0.15, 0.2) is 0 Å². The van der Waals surface area contributed by atoms with Gasteiger partial charge in [-0.25, -0.2) is 4.39 Å². The summed E-state index contributed by atoms with van der Waals surface area (Å²) in [6.07, 6.45) is -4.41. The highest BCUT2D eigenvalue weighted by Gasteiger charge is 2.40. The zero-order valence-electron chi connectivity index (χ0n) is 11.5. The fourth-order valence-electron chi connectivity index (χ4n) is 2.27. The Morgan fingerprint density at radius 2 is 1.64 bits per heavy atom. The van der Waals surface area contributed by atoms with Crippen LogP contribution in [0.5, 0.6) is 0 Å². The van der Waals surface area contributed by atoms with Crippen LogP contribution >= 0.6 is 0 Å². The maximum absolute atomic E-state index is 12.8. The number of nitrogens with one attached hydrogen (secondary N) is 1. The molecule has 1 fully saturated rings. The van der Waals surface area contributed by atoms with Gasteiger partial charge in [-0.1, -0.05) is 0 Å². The van der Waals surface area contributed by atoms with Crippen LogP contribution in [0.4, 0.5) is 17.6 Å². The van der Waals surface area contributed by atoms with Gasteiger partial charge in [-0.05, 0) is 37.1 Å². The lowest BCUT2D eigenvalue weighted by Crippen LogP contribution is -2.49. The number of carbonyl (C=O) groups excluding carboxylic acids is 2. The Hall–Kier alpha value is -2.12. The Bertz CT molecular complexity index is 549. The SMILES string of the molecule is O=C(c1ccc(F)cc1)N1CCC(NC(=O)C(F)(F)F)CC1. The molecule has 0 radical (unpaired) electrons. The van der Waals surface area contributed by atoms with Crippen molar-refractivity contribution in [3.8, 4) is 0 Å². The molecule has 0 aliphatic carbocycles. The van der Waals surface area contributed by atoms with Gasteiger partial charge >= 0.3 is 12.1 Å². The monoisotopic (exact) mass is 318 g/mol. The Morgan fingerprint density at radius 3 is 2.14 bits per heavy atom. The van der Waals surface area contributed by atoms with Crippen molar-refractivity contribution in [3.63, 3.8) is 0 Å². The van der Waals surface area contributed by atoms with E-state index in [1.165, 1.54) is 29.2 Å². The summed E-state index contributed by atoms with van der Waals surface area (Å²) in [4.78, 5) is 24.5. The Kier molecular flexibility index (Phi) is 4.68.